The van der Waals surface area contributed by atoms with Crippen LogP contribution in [0.1, 0.15) is 53.4 Å². The molecule has 3 aromatic rings. The van der Waals surface area contributed by atoms with Crippen LogP contribution in [0.2, 0.25) is 0 Å². The van der Waals surface area contributed by atoms with Gasteiger partial charge in [0.25, 0.3) is 5.91 Å². The summed E-state index contributed by atoms with van der Waals surface area (Å²) in [5, 5.41) is 4.12. The molecule has 2 aromatic heterocycles. The van der Waals surface area contributed by atoms with Gasteiger partial charge in [0.1, 0.15) is 6.04 Å². The molecule has 1 aromatic carbocycles. The van der Waals surface area contributed by atoms with Gasteiger partial charge in [0.05, 0.1) is 5.56 Å². The summed E-state index contributed by atoms with van der Waals surface area (Å²) in [6.45, 7) is 7.71. The SMILES string of the molecule is CCn1c(C)cc(C(=O)N2CCCC2c2nc(-c3ccccc3)no2)c1C. The van der Waals surface area contributed by atoms with Gasteiger partial charge in [0, 0.05) is 30.0 Å². The first-order valence-corrected chi connectivity index (χ1v) is 9.47. The highest BCUT2D eigenvalue weighted by atomic mass is 16.5. The number of hydrogen-bond donors (Lipinski definition) is 0. The lowest BCUT2D eigenvalue weighted by molar-refractivity contribution is 0.0709. The molecule has 0 aliphatic carbocycles. The Morgan fingerprint density at radius 3 is 2.74 bits per heavy atom. The van der Waals surface area contributed by atoms with E-state index in [0.717, 1.165) is 41.9 Å². The van der Waals surface area contributed by atoms with Gasteiger partial charge in [-0.05, 0) is 39.7 Å². The van der Waals surface area contributed by atoms with Gasteiger partial charge in [-0.15, -0.1) is 0 Å². The lowest BCUT2D eigenvalue weighted by atomic mass is 10.1. The summed E-state index contributed by atoms with van der Waals surface area (Å²) in [5.41, 5.74) is 3.80. The molecule has 27 heavy (non-hydrogen) atoms. The van der Waals surface area contributed by atoms with Gasteiger partial charge in [-0.1, -0.05) is 35.5 Å². The fraction of sp³-hybridized carbons (Fsp3) is 0.381. The first-order chi connectivity index (χ1) is 13.1. The van der Waals surface area contributed by atoms with Gasteiger partial charge in [-0.25, -0.2) is 0 Å². The molecule has 1 aliphatic rings. The number of rotatable bonds is 4. The second kappa shape index (κ2) is 7.02. The normalized spacial score (nSPS) is 16.9. The lowest BCUT2D eigenvalue weighted by Gasteiger charge is -2.22. The number of hydrogen-bond acceptors (Lipinski definition) is 4. The fourth-order valence-corrected chi connectivity index (χ4v) is 4.00. The summed E-state index contributed by atoms with van der Waals surface area (Å²) < 4.78 is 7.70. The minimum Gasteiger partial charge on any atom is -0.349 e. The fourth-order valence-electron chi connectivity index (χ4n) is 4.00. The topological polar surface area (TPSA) is 64.2 Å². The molecule has 0 radical (unpaired) electrons. The molecule has 1 aliphatic heterocycles. The second-order valence-corrected chi connectivity index (χ2v) is 7.01. The zero-order chi connectivity index (χ0) is 19.0. The van der Waals surface area contributed by atoms with Gasteiger partial charge in [-0.2, -0.15) is 4.98 Å². The average Bonchev–Trinajstić information content (AvgIpc) is 3.40. The molecule has 0 saturated carbocycles. The van der Waals surface area contributed by atoms with Crippen molar-refractivity contribution < 1.29 is 9.32 Å². The number of aryl methyl sites for hydroxylation is 1. The number of carbonyl (C=O) groups excluding carboxylic acids is 1. The van der Waals surface area contributed by atoms with Crippen molar-refractivity contribution in [2.24, 2.45) is 0 Å². The summed E-state index contributed by atoms with van der Waals surface area (Å²) in [7, 11) is 0. The molecule has 6 nitrogen and oxygen atoms in total. The van der Waals surface area contributed by atoms with Crippen molar-refractivity contribution in [3.8, 4) is 11.4 Å². The lowest BCUT2D eigenvalue weighted by Crippen LogP contribution is -2.31. The van der Waals surface area contributed by atoms with Crippen LogP contribution < -0.4 is 0 Å². The molecule has 1 atom stereocenters. The molecule has 3 heterocycles. The van der Waals surface area contributed by atoms with E-state index < -0.39 is 0 Å². The van der Waals surface area contributed by atoms with Crippen LogP contribution in [0.4, 0.5) is 0 Å². The Labute approximate surface area is 158 Å². The van der Waals surface area contributed by atoms with Gasteiger partial charge >= 0.3 is 0 Å². The molecule has 6 heteroatoms. The Morgan fingerprint density at radius 2 is 2.04 bits per heavy atom. The monoisotopic (exact) mass is 364 g/mol. The largest absolute Gasteiger partial charge is 0.349 e. The number of aromatic nitrogens is 3. The van der Waals surface area contributed by atoms with Gasteiger partial charge < -0.3 is 14.0 Å². The maximum atomic E-state index is 13.2. The average molecular weight is 364 g/mol. The zero-order valence-corrected chi connectivity index (χ0v) is 16.0. The smallest absolute Gasteiger partial charge is 0.256 e. The predicted molar refractivity (Wildman–Crippen MR) is 102 cm³/mol. The molecule has 1 fully saturated rings. The third-order valence-corrected chi connectivity index (χ3v) is 5.39. The summed E-state index contributed by atoms with van der Waals surface area (Å²) in [5.74, 6) is 1.13. The Kier molecular flexibility index (Phi) is 4.56. The molecule has 1 unspecified atom stereocenters. The molecule has 4 rings (SSSR count). The number of nitrogens with zero attached hydrogens (tertiary/aromatic N) is 4. The molecule has 1 amide bonds. The Bertz CT molecular complexity index is 958. The summed E-state index contributed by atoms with van der Waals surface area (Å²) in [6, 6.07) is 11.6. The molecule has 0 N–H and O–H groups in total. The van der Waals surface area contributed by atoms with E-state index in [2.05, 4.69) is 21.6 Å². The summed E-state index contributed by atoms with van der Waals surface area (Å²) >= 11 is 0. The number of benzene rings is 1. The van der Waals surface area contributed by atoms with E-state index in [9.17, 15) is 4.79 Å². The number of likely N-dealkylation sites (tertiary alicyclic amines) is 1. The van der Waals surface area contributed by atoms with Crippen molar-refractivity contribution >= 4 is 5.91 Å². The van der Waals surface area contributed by atoms with E-state index in [1.165, 1.54) is 0 Å². The van der Waals surface area contributed by atoms with Crippen molar-refractivity contribution in [2.75, 3.05) is 6.54 Å². The molecular formula is C21H24N4O2. The minimum absolute atomic E-state index is 0.0461. The highest BCUT2D eigenvalue weighted by Crippen LogP contribution is 2.34. The summed E-state index contributed by atoms with van der Waals surface area (Å²) in [4.78, 5) is 19.7. The second-order valence-electron chi connectivity index (χ2n) is 7.01. The Hall–Kier alpha value is -2.89. The van der Waals surface area contributed by atoms with Crippen LogP contribution in [-0.2, 0) is 6.54 Å². The van der Waals surface area contributed by atoms with Crippen LogP contribution in [0.5, 0.6) is 0 Å². The van der Waals surface area contributed by atoms with Crippen LogP contribution in [0.3, 0.4) is 0 Å². The van der Waals surface area contributed by atoms with Crippen LogP contribution >= 0.6 is 0 Å². The predicted octanol–water partition coefficient (Wildman–Crippen LogP) is 4.15. The van der Waals surface area contributed by atoms with Crippen LogP contribution in [0.25, 0.3) is 11.4 Å². The van der Waals surface area contributed by atoms with E-state index in [-0.39, 0.29) is 11.9 Å². The van der Waals surface area contributed by atoms with Crippen LogP contribution in [-0.4, -0.2) is 32.1 Å². The van der Waals surface area contributed by atoms with Crippen molar-refractivity contribution in [2.45, 2.75) is 46.2 Å². The van der Waals surface area contributed by atoms with E-state index in [4.69, 9.17) is 4.52 Å². The number of amides is 1. The van der Waals surface area contributed by atoms with Crippen molar-refractivity contribution in [3.05, 3.63) is 59.2 Å². The maximum Gasteiger partial charge on any atom is 0.256 e. The Balaban J connectivity index is 1.61. The van der Waals surface area contributed by atoms with Crippen molar-refractivity contribution in [1.82, 2.24) is 19.6 Å². The van der Waals surface area contributed by atoms with Crippen molar-refractivity contribution in [1.29, 1.82) is 0 Å². The highest BCUT2D eigenvalue weighted by Gasteiger charge is 2.35. The maximum absolute atomic E-state index is 13.2. The molecule has 0 spiro atoms. The number of carbonyl (C=O) groups is 1. The molecular weight excluding hydrogens is 340 g/mol. The quantitative estimate of drug-likeness (QED) is 0.697. The van der Waals surface area contributed by atoms with E-state index in [1.807, 2.05) is 55.1 Å². The van der Waals surface area contributed by atoms with Gasteiger partial charge in [0.2, 0.25) is 11.7 Å². The van der Waals surface area contributed by atoms with E-state index in [0.29, 0.717) is 18.3 Å². The minimum atomic E-state index is -0.160. The summed E-state index contributed by atoms with van der Waals surface area (Å²) in [6.07, 6.45) is 1.78. The molecule has 0 bridgehead atoms. The first-order valence-electron chi connectivity index (χ1n) is 9.47. The first kappa shape index (κ1) is 17.5. The van der Waals surface area contributed by atoms with Gasteiger partial charge in [-0.3, -0.25) is 4.79 Å². The highest BCUT2D eigenvalue weighted by molar-refractivity contribution is 5.96. The van der Waals surface area contributed by atoms with E-state index in [1.54, 1.807) is 0 Å². The van der Waals surface area contributed by atoms with Crippen molar-refractivity contribution in [3.63, 3.8) is 0 Å². The standard InChI is InChI=1S/C21H24N4O2/c1-4-24-14(2)13-17(15(24)3)21(26)25-12-8-11-18(25)20-22-19(23-27-20)16-9-6-5-7-10-16/h5-7,9-10,13,18H,4,8,11-12H2,1-3H3. The molecule has 140 valence electrons. The van der Waals surface area contributed by atoms with Gasteiger partial charge in [0.15, 0.2) is 0 Å². The third-order valence-electron chi connectivity index (χ3n) is 5.39. The zero-order valence-electron chi connectivity index (χ0n) is 16.0. The van der Waals surface area contributed by atoms with Crippen LogP contribution in [0.15, 0.2) is 40.9 Å². The van der Waals surface area contributed by atoms with Crippen LogP contribution in [0, 0.1) is 13.8 Å². The molecule has 1 saturated heterocycles. The Morgan fingerprint density at radius 1 is 1.26 bits per heavy atom. The van der Waals surface area contributed by atoms with E-state index >= 15 is 0 Å². The third kappa shape index (κ3) is 3.05.